The number of nitrogens with one attached hydrogen (secondary N) is 1. The van der Waals surface area contributed by atoms with Crippen molar-refractivity contribution < 1.29 is 0 Å². The molecule has 0 spiro atoms. The van der Waals surface area contributed by atoms with Gasteiger partial charge in [-0.2, -0.15) is 5.10 Å². The summed E-state index contributed by atoms with van der Waals surface area (Å²) in [7, 11) is 0. The van der Waals surface area contributed by atoms with Gasteiger partial charge in [0, 0.05) is 18.8 Å². The largest absolute Gasteiger partial charge is 0.369 e. The minimum absolute atomic E-state index is 0.256. The Bertz CT molecular complexity index is 542. The van der Waals surface area contributed by atoms with E-state index < -0.39 is 0 Å². The van der Waals surface area contributed by atoms with Crippen molar-refractivity contribution in [3.8, 4) is 0 Å². The van der Waals surface area contributed by atoms with Crippen molar-refractivity contribution in [3.63, 3.8) is 0 Å². The number of aromatic nitrogens is 3. The second-order valence-electron chi connectivity index (χ2n) is 5.57. The van der Waals surface area contributed by atoms with E-state index in [-0.39, 0.29) is 5.41 Å². The minimum atomic E-state index is 0.256. The standard InChI is InChI=1S/C14H21N5/c15-10-14(6-2-1-3-7-14)11-16-12-5-9-19-13(18-12)4-8-17-19/h4-5,8-9H,1-3,6-7,10-11,15H2,(H,16,18). The maximum atomic E-state index is 6.00. The summed E-state index contributed by atoms with van der Waals surface area (Å²) >= 11 is 0. The lowest BCUT2D eigenvalue weighted by molar-refractivity contribution is 0.215. The highest BCUT2D eigenvalue weighted by atomic mass is 15.2. The molecule has 5 nitrogen and oxygen atoms in total. The predicted molar refractivity (Wildman–Crippen MR) is 76.0 cm³/mol. The van der Waals surface area contributed by atoms with Crippen LogP contribution in [0.1, 0.15) is 32.1 Å². The van der Waals surface area contributed by atoms with Gasteiger partial charge in [0.05, 0.1) is 6.20 Å². The van der Waals surface area contributed by atoms with Crippen molar-refractivity contribution in [2.75, 3.05) is 18.4 Å². The van der Waals surface area contributed by atoms with E-state index in [1.165, 1.54) is 32.1 Å². The highest BCUT2D eigenvalue weighted by molar-refractivity contribution is 5.45. The second-order valence-corrected chi connectivity index (χ2v) is 5.57. The third-order valence-electron chi connectivity index (χ3n) is 4.25. The third-order valence-corrected chi connectivity index (χ3v) is 4.25. The molecule has 1 fully saturated rings. The van der Waals surface area contributed by atoms with Crippen LogP contribution in [0.2, 0.25) is 0 Å². The molecule has 0 saturated heterocycles. The molecule has 0 amide bonds. The van der Waals surface area contributed by atoms with Gasteiger partial charge >= 0.3 is 0 Å². The molecule has 2 aromatic rings. The molecule has 0 aromatic carbocycles. The fourth-order valence-electron chi connectivity index (χ4n) is 2.94. The fourth-order valence-corrected chi connectivity index (χ4v) is 2.94. The Hall–Kier alpha value is -1.62. The highest BCUT2D eigenvalue weighted by Crippen LogP contribution is 2.35. The zero-order chi connectivity index (χ0) is 13.1. The van der Waals surface area contributed by atoms with Gasteiger partial charge in [-0.1, -0.05) is 19.3 Å². The average Bonchev–Trinajstić information content (AvgIpc) is 2.93. The fraction of sp³-hybridized carbons (Fsp3) is 0.571. The number of hydrogen-bond donors (Lipinski definition) is 2. The topological polar surface area (TPSA) is 68.2 Å². The van der Waals surface area contributed by atoms with Gasteiger partial charge < -0.3 is 11.1 Å². The van der Waals surface area contributed by atoms with Crippen LogP contribution in [0.15, 0.2) is 24.5 Å². The molecular weight excluding hydrogens is 238 g/mol. The summed E-state index contributed by atoms with van der Waals surface area (Å²) in [6, 6.07) is 3.87. The first-order valence-corrected chi connectivity index (χ1v) is 7.06. The molecule has 0 atom stereocenters. The first-order valence-electron chi connectivity index (χ1n) is 7.06. The predicted octanol–water partition coefficient (Wildman–Crippen LogP) is 2.05. The zero-order valence-corrected chi connectivity index (χ0v) is 11.2. The summed E-state index contributed by atoms with van der Waals surface area (Å²) in [6.07, 6.45) is 10.1. The molecule has 1 saturated carbocycles. The third kappa shape index (κ3) is 2.56. The Morgan fingerprint density at radius 2 is 2.11 bits per heavy atom. The van der Waals surface area contributed by atoms with Crippen molar-refractivity contribution >= 4 is 11.5 Å². The summed E-state index contributed by atoms with van der Waals surface area (Å²) in [5.41, 5.74) is 7.13. The van der Waals surface area contributed by atoms with Crippen LogP contribution in [0.4, 0.5) is 5.82 Å². The van der Waals surface area contributed by atoms with E-state index in [0.29, 0.717) is 0 Å². The summed E-state index contributed by atoms with van der Waals surface area (Å²) in [6.45, 7) is 1.68. The Labute approximate surface area is 113 Å². The Kier molecular flexibility index (Phi) is 3.38. The first kappa shape index (κ1) is 12.4. The van der Waals surface area contributed by atoms with E-state index in [0.717, 1.165) is 24.6 Å². The van der Waals surface area contributed by atoms with Crippen molar-refractivity contribution in [2.24, 2.45) is 11.1 Å². The van der Waals surface area contributed by atoms with Crippen LogP contribution in [0, 0.1) is 5.41 Å². The van der Waals surface area contributed by atoms with E-state index in [4.69, 9.17) is 5.73 Å². The van der Waals surface area contributed by atoms with Crippen LogP contribution in [0.25, 0.3) is 5.65 Å². The summed E-state index contributed by atoms with van der Waals surface area (Å²) in [4.78, 5) is 4.53. The Balaban J connectivity index is 1.70. The van der Waals surface area contributed by atoms with Gasteiger partial charge in [0.2, 0.25) is 0 Å². The Morgan fingerprint density at radius 1 is 1.26 bits per heavy atom. The monoisotopic (exact) mass is 259 g/mol. The second kappa shape index (κ2) is 5.17. The van der Waals surface area contributed by atoms with Crippen LogP contribution in [0.3, 0.4) is 0 Å². The smallest absolute Gasteiger partial charge is 0.157 e. The summed E-state index contributed by atoms with van der Waals surface area (Å²) in [5.74, 6) is 0.909. The van der Waals surface area contributed by atoms with Gasteiger partial charge in [-0.15, -0.1) is 0 Å². The van der Waals surface area contributed by atoms with Crippen molar-refractivity contribution in [1.29, 1.82) is 0 Å². The van der Waals surface area contributed by atoms with Crippen molar-refractivity contribution in [2.45, 2.75) is 32.1 Å². The molecule has 2 aromatic heterocycles. The molecule has 1 aliphatic carbocycles. The number of fused-ring (bicyclic) bond motifs is 1. The highest BCUT2D eigenvalue weighted by Gasteiger charge is 2.30. The van der Waals surface area contributed by atoms with E-state index in [1.807, 2.05) is 18.3 Å². The molecule has 2 heterocycles. The number of rotatable bonds is 4. The van der Waals surface area contributed by atoms with Gasteiger partial charge in [0.25, 0.3) is 0 Å². The molecule has 0 bridgehead atoms. The van der Waals surface area contributed by atoms with Crippen molar-refractivity contribution in [1.82, 2.24) is 14.6 Å². The van der Waals surface area contributed by atoms with Crippen LogP contribution in [-0.4, -0.2) is 27.7 Å². The molecule has 5 heteroatoms. The normalized spacial score (nSPS) is 18.6. The average molecular weight is 259 g/mol. The molecule has 0 aliphatic heterocycles. The van der Waals surface area contributed by atoms with E-state index in [2.05, 4.69) is 15.4 Å². The first-order chi connectivity index (χ1) is 9.31. The number of anilines is 1. The molecule has 3 rings (SSSR count). The molecule has 102 valence electrons. The van der Waals surface area contributed by atoms with Gasteiger partial charge in [-0.3, -0.25) is 0 Å². The van der Waals surface area contributed by atoms with E-state index in [1.54, 1.807) is 10.7 Å². The molecule has 19 heavy (non-hydrogen) atoms. The maximum absolute atomic E-state index is 6.00. The van der Waals surface area contributed by atoms with Crippen molar-refractivity contribution in [3.05, 3.63) is 24.5 Å². The number of hydrogen-bond acceptors (Lipinski definition) is 4. The molecule has 0 radical (unpaired) electrons. The molecule has 1 aliphatic rings. The molecular formula is C14H21N5. The van der Waals surface area contributed by atoms with E-state index in [9.17, 15) is 0 Å². The van der Waals surface area contributed by atoms with E-state index >= 15 is 0 Å². The van der Waals surface area contributed by atoms with Gasteiger partial charge in [-0.25, -0.2) is 9.50 Å². The summed E-state index contributed by atoms with van der Waals surface area (Å²) in [5, 5.41) is 7.60. The summed E-state index contributed by atoms with van der Waals surface area (Å²) < 4.78 is 1.77. The quantitative estimate of drug-likeness (QED) is 0.881. The van der Waals surface area contributed by atoms with Gasteiger partial charge in [-0.05, 0) is 30.9 Å². The minimum Gasteiger partial charge on any atom is -0.369 e. The van der Waals surface area contributed by atoms with Crippen LogP contribution in [-0.2, 0) is 0 Å². The number of nitrogens with two attached hydrogens (primary N) is 1. The van der Waals surface area contributed by atoms with Crippen LogP contribution >= 0.6 is 0 Å². The lowest BCUT2D eigenvalue weighted by Crippen LogP contribution is -2.39. The van der Waals surface area contributed by atoms with Crippen LogP contribution in [0.5, 0.6) is 0 Å². The molecule has 3 N–H and O–H groups in total. The molecule has 0 unspecified atom stereocenters. The van der Waals surface area contributed by atoms with Gasteiger partial charge in [0.15, 0.2) is 5.65 Å². The lowest BCUT2D eigenvalue weighted by Gasteiger charge is -2.36. The number of nitrogens with zero attached hydrogens (tertiary/aromatic N) is 3. The lowest BCUT2D eigenvalue weighted by atomic mass is 9.74. The SMILES string of the molecule is NCC1(CNc2ccn3nccc3n2)CCCCC1. The Morgan fingerprint density at radius 3 is 2.89 bits per heavy atom. The zero-order valence-electron chi connectivity index (χ0n) is 11.2. The van der Waals surface area contributed by atoms with Crippen LogP contribution < -0.4 is 11.1 Å². The van der Waals surface area contributed by atoms with Gasteiger partial charge in [0.1, 0.15) is 5.82 Å². The maximum Gasteiger partial charge on any atom is 0.157 e.